The van der Waals surface area contributed by atoms with Gasteiger partial charge in [-0.05, 0) is 6.07 Å². The van der Waals surface area contributed by atoms with Crippen molar-refractivity contribution >= 4 is 23.7 Å². The lowest BCUT2D eigenvalue weighted by Crippen LogP contribution is -2.22. The summed E-state index contributed by atoms with van der Waals surface area (Å²) in [4.78, 5) is 23.8. The second-order valence-corrected chi connectivity index (χ2v) is 4.74. The molecule has 2 heterocycles. The molecule has 6 nitrogen and oxygen atoms in total. The van der Waals surface area contributed by atoms with Crippen LogP contribution in [0.15, 0.2) is 28.4 Å². The molecule has 1 aromatic heterocycles. The van der Waals surface area contributed by atoms with Crippen molar-refractivity contribution in [3.63, 3.8) is 0 Å². The van der Waals surface area contributed by atoms with Crippen LogP contribution in [0.25, 0.3) is 0 Å². The van der Waals surface area contributed by atoms with Crippen LogP contribution < -0.4 is 0 Å². The lowest BCUT2D eigenvalue weighted by Gasteiger charge is -2.18. The van der Waals surface area contributed by atoms with Crippen molar-refractivity contribution in [2.24, 2.45) is 17.0 Å². The van der Waals surface area contributed by atoms with Gasteiger partial charge in [-0.25, -0.2) is 14.4 Å². The average Bonchev–Trinajstić information content (AvgIpc) is 2.88. The van der Waals surface area contributed by atoms with E-state index in [-0.39, 0.29) is 36.5 Å². The molecule has 1 aliphatic heterocycles. The number of hydrogen-bond donors (Lipinski definition) is 0. The third-order valence-corrected chi connectivity index (χ3v) is 3.40. The number of aliphatic imine (C=N–C) groups is 2. The van der Waals surface area contributed by atoms with Crippen LogP contribution in [0.5, 0.6) is 0 Å². The zero-order chi connectivity index (χ0) is 15.7. The van der Waals surface area contributed by atoms with Gasteiger partial charge < -0.3 is 0 Å². The first kappa shape index (κ1) is 14.2. The standard InChI is InChI=1S/C14H11F2N5O/c1-21-13(19-7-20-21)4-11-14-9(12(22)5-17-11)2-8(16)3-10(14)18-6-15/h2-3,6-7H,4-5H2,1H3. The van der Waals surface area contributed by atoms with Gasteiger partial charge in [-0.2, -0.15) is 9.49 Å². The Labute approximate surface area is 124 Å². The molecule has 0 saturated heterocycles. The summed E-state index contributed by atoms with van der Waals surface area (Å²) in [5.41, 5.74) is 1.04. The van der Waals surface area contributed by atoms with E-state index in [0.29, 0.717) is 17.1 Å². The van der Waals surface area contributed by atoms with Crippen LogP contribution >= 0.6 is 0 Å². The van der Waals surface area contributed by atoms with Gasteiger partial charge in [0, 0.05) is 24.2 Å². The maximum Gasteiger partial charge on any atom is 0.185 e. The maximum absolute atomic E-state index is 13.6. The van der Waals surface area contributed by atoms with Gasteiger partial charge in [0.2, 0.25) is 0 Å². The second-order valence-electron chi connectivity index (χ2n) is 4.74. The first-order chi connectivity index (χ1) is 10.6. The Morgan fingerprint density at radius 3 is 2.95 bits per heavy atom. The summed E-state index contributed by atoms with van der Waals surface area (Å²) >= 11 is 0. The molecule has 0 N–H and O–H groups in total. The average molecular weight is 303 g/mol. The minimum absolute atomic E-state index is 0.0338. The molecule has 0 aliphatic carbocycles. The lowest BCUT2D eigenvalue weighted by atomic mass is 9.93. The number of carbonyl (C=O) groups excluding carboxylic acids is 1. The number of fused-ring (bicyclic) bond motifs is 1. The number of ketones is 1. The summed E-state index contributed by atoms with van der Waals surface area (Å²) < 4.78 is 27.7. The van der Waals surface area contributed by atoms with Crippen LogP contribution in [0, 0.1) is 5.82 Å². The normalized spacial score (nSPS) is 14.3. The molecule has 0 amide bonds. The fourth-order valence-electron chi connectivity index (χ4n) is 2.38. The molecule has 0 unspecified atom stereocenters. The van der Waals surface area contributed by atoms with Gasteiger partial charge in [0.15, 0.2) is 12.3 Å². The molecule has 0 fully saturated rings. The van der Waals surface area contributed by atoms with Gasteiger partial charge in [-0.3, -0.25) is 14.5 Å². The summed E-state index contributed by atoms with van der Waals surface area (Å²) in [6.07, 6.45) is 1.69. The van der Waals surface area contributed by atoms with Gasteiger partial charge in [0.25, 0.3) is 0 Å². The minimum Gasteiger partial charge on any atom is -0.292 e. The number of halogens is 2. The highest BCUT2D eigenvalue weighted by Crippen LogP contribution is 2.29. The van der Waals surface area contributed by atoms with Crippen molar-refractivity contribution in [2.75, 3.05) is 6.54 Å². The molecule has 0 spiro atoms. The van der Waals surface area contributed by atoms with Gasteiger partial charge in [0.05, 0.1) is 17.8 Å². The van der Waals surface area contributed by atoms with E-state index in [4.69, 9.17) is 0 Å². The maximum atomic E-state index is 13.6. The lowest BCUT2D eigenvalue weighted by molar-refractivity contribution is 0.0999. The van der Waals surface area contributed by atoms with Crippen LogP contribution in [-0.4, -0.2) is 39.3 Å². The Hall–Kier alpha value is -2.77. The van der Waals surface area contributed by atoms with Crippen molar-refractivity contribution in [3.8, 4) is 0 Å². The Balaban J connectivity index is 2.13. The summed E-state index contributed by atoms with van der Waals surface area (Å²) in [6.45, 7) is -0.0174. The fraction of sp³-hybridized carbons (Fsp3) is 0.214. The van der Waals surface area contributed by atoms with E-state index in [1.807, 2.05) is 0 Å². The van der Waals surface area contributed by atoms with Gasteiger partial charge in [0.1, 0.15) is 24.5 Å². The first-order valence-corrected chi connectivity index (χ1v) is 6.46. The smallest absolute Gasteiger partial charge is 0.185 e. The predicted molar refractivity (Wildman–Crippen MR) is 76.1 cm³/mol. The molecule has 0 atom stereocenters. The van der Waals surface area contributed by atoms with Crippen LogP contribution in [-0.2, 0) is 13.5 Å². The number of benzene rings is 1. The molecular weight excluding hydrogens is 292 g/mol. The fourth-order valence-corrected chi connectivity index (χ4v) is 2.38. The van der Waals surface area contributed by atoms with E-state index in [1.165, 1.54) is 6.33 Å². The van der Waals surface area contributed by atoms with Crippen LogP contribution in [0.1, 0.15) is 21.7 Å². The Kier molecular flexibility index (Phi) is 3.58. The van der Waals surface area contributed by atoms with Crippen molar-refractivity contribution in [1.82, 2.24) is 14.8 Å². The molecule has 2 aromatic rings. The third-order valence-electron chi connectivity index (χ3n) is 3.40. The summed E-state index contributed by atoms with van der Waals surface area (Å²) in [5.74, 6) is -0.349. The second kappa shape index (κ2) is 5.55. The number of nitrogens with zero attached hydrogens (tertiary/aromatic N) is 5. The molecule has 0 radical (unpaired) electrons. The summed E-state index contributed by atoms with van der Waals surface area (Å²) in [5, 5.41) is 3.96. The molecule has 1 aliphatic rings. The SMILES string of the molecule is Cn1ncnc1CC1=NCC(=O)c2cc(F)cc(N=CF)c21. The Morgan fingerprint density at radius 2 is 2.27 bits per heavy atom. The highest BCUT2D eigenvalue weighted by atomic mass is 19.1. The molecule has 0 saturated carbocycles. The monoisotopic (exact) mass is 303 g/mol. The summed E-state index contributed by atoms with van der Waals surface area (Å²) in [7, 11) is 1.73. The number of aryl methyl sites for hydroxylation is 1. The van der Waals surface area contributed by atoms with E-state index in [2.05, 4.69) is 20.1 Å². The number of hydrogen-bond acceptors (Lipinski definition) is 5. The molecule has 3 rings (SSSR count). The van der Waals surface area contributed by atoms with Crippen molar-refractivity contribution in [1.29, 1.82) is 0 Å². The van der Waals surface area contributed by atoms with Crippen molar-refractivity contribution in [3.05, 3.63) is 41.2 Å². The zero-order valence-electron chi connectivity index (χ0n) is 11.6. The van der Waals surface area contributed by atoms with E-state index in [0.717, 1.165) is 12.1 Å². The highest BCUT2D eigenvalue weighted by molar-refractivity contribution is 6.18. The van der Waals surface area contributed by atoms with Crippen LogP contribution in [0.3, 0.4) is 0 Å². The van der Waals surface area contributed by atoms with Gasteiger partial charge >= 0.3 is 0 Å². The molecule has 0 bridgehead atoms. The molecule has 1 aromatic carbocycles. The molecule has 112 valence electrons. The quantitative estimate of drug-likeness (QED) is 0.812. The number of carbonyl (C=O) groups is 1. The first-order valence-electron chi connectivity index (χ1n) is 6.46. The molecular formula is C14H11F2N5O. The highest BCUT2D eigenvalue weighted by Gasteiger charge is 2.25. The largest absolute Gasteiger partial charge is 0.292 e. The third kappa shape index (κ3) is 2.43. The van der Waals surface area contributed by atoms with Crippen LogP contribution in [0.4, 0.5) is 14.5 Å². The Bertz CT molecular complexity index is 810. The van der Waals surface area contributed by atoms with Crippen molar-refractivity contribution in [2.45, 2.75) is 6.42 Å². The van der Waals surface area contributed by atoms with Crippen molar-refractivity contribution < 1.29 is 13.6 Å². The van der Waals surface area contributed by atoms with E-state index < -0.39 is 5.82 Å². The van der Waals surface area contributed by atoms with E-state index in [9.17, 15) is 13.6 Å². The Morgan fingerprint density at radius 1 is 1.45 bits per heavy atom. The number of Topliss-reactive ketones (excluding diaryl/α,β-unsaturated/α-hetero) is 1. The van der Waals surface area contributed by atoms with Crippen LogP contribution in [0.2, 0.25) is 0 Å². The molecule has 22 heavy (non-hydrogen) atoms. The van der Waals surface area contributed by atoms with Gasteiger partial charge in [-0.15, -0.1) is 0 Å². The van der Waals surface area contributed by atoms with E-state index in [1.54, 1.807) is 11.7 Å². The minimum atomic E-state index is -0.646. The summed E-state index contributed by atoms with van der Waals surface area (Å²) in [6, 6.07) is 2.19. The number of rotatable bonds is 3. The topological polar surface area (TPSA) is 72.5 Å². The van der Waals surface area contributed by atoms with Gasteiger partial charge in [-0.1, -0.05) is 0 Å². The predicted octanol–water partition coefficient (Wildman–Crippen LogP) is 1.81. The molecule has 8 heteroatoms. The van der Waals surface area contributed by atoms with E-state index >= 15 is 0 Å². The number of aromatic nitrogens is 3. The zero-order valence-corrected chi connectivity index (χ0v) is 11.6.